The molecule has 1 saturated carbocycles. The van der Waals surface area contributed by atoms with E-state index in [0.29, 0.717) is 16.6 Å². The third kappa shape index (κ3) is 3.61. The van der Waals surface area contributed by atoms with Crippen LogP contribution in [0.2, 0.25) is 0 Å². The fourth-order valence-electron chi connectivity index (χ4n) is 2.60. The standard InChI is InChI=1S/C14H20BrNO3S/c1-14(6-2-3-7-14)10-16-20(18,19)13-8-11(9-17)4-5-12(13)15/h4-5,8,16-17H,2-3,6-7,9-10H2,1H3. The molecule has 0 heterocycles. The van der Waals surface area contributed by atoms with E-state index in [9.17, 15) is 8.42 Å². The Labute approximate surface area is 128 Å². The Morgan fingerprint density at radius 1 is 1.35 bits per heavy atom. The SMILES string of the molecule is CC1(CNS(=O)(=O)c2cc(CO)ccc2Br)CCCC1. The second-order valence-electron chi connectivity index (χ2n) is 5.77. The minimum atomic E-state index is -3.56. The Kier molecular flexibility index (Phi) is 4.89. The third-order valence-electron chi connectivity index (χ3n) is 3.97. The maximum atomic E-state index is 12.4. The summed E-state index contributed by atoms with van der Waals surface area (Å²) in [6, 6.07) is 4.85. The van der Waals surface area contributed by atoms with Crippen molar-refractivity contribution in [3.8, 4) is 0 Å². The van der Waals surface area contributed by atoms with Crippen LogP contribution in [0, 0.1) is 5.41 Å². The summed E-state index contributed by atoms with van der Waals surface area (Å²) in [5, 5.41) is 9.13. The molecule has 0 unspecified atom stereocenters. The molecule has 0 saturated heterocycles. The Morgan fingerprint density at radius 3 is 2.60 bits per heavy atom. The smallest absolute Gasteiger partial charge is 0.241 e. The van der Waals surface area contributed by atoms with E-state index in [1.807, 2.05) is 0 Å². The molecule has 1 aromatic carbocycles. The average Bonchev–Trinajstić information content (AvgIpc) is 2.85. The molecule has 2 rings (SSSR count). The third-order valence-corrected chi connectivity index (χ3v) is 6.36. The molecule has 112 valence electrons. The van der Waals surface area contributed by atoms with Crippen LogP contribution in [0.25, 0.3) is 0 Å². The normalized spacial score (nSPS) is 18.4. The molecule has 0 aliphatic heterocycles. The van der Waals surface area contributed by atoms with Gasteiger partial charge in [-0.25, -0.2) is 13.1 Å². The zero-order valence-electron chi connectivity index (χ0n) is 11.5. The minimum absolute atomic E-state index is 0.0636. The van der Waals surface area contributed by atoms with Crippen LogP contribution >= 0.6 is 15.9 Å². The Hall–Kier alpha value is -0.430. The number of aliphatic hydroxyl groups is 1. The van der Waals surface area contributed by atoms with Crippen molar-refractivity contribution in [2.75, 3.05) is 6.54 Å². The van der Waals surface area contributed by atoms with Crippen LogP contribution in [0.15, 0.2) is 27.6 Å². The van der Waals surface area contributed by atoms with E-state index in [1.54, 1.807) is 12.1 Å². The van der Waals surface area contributed by atoms with Crippen LogP contribution in [-0.2, 0) is 16.6 Å². The van der Waals surface area contributed by atoms with E-state index < -0.39 is 10.0 Å². The summed E-state index contributed by atoms with van der Waals surface area (Å²) in [5.41, 5.74) is 0.648. The molecule has 20 heavy (non-hydrogen) atoms. The quantitative estimate of drug-likeness (QED) is 0.847. The summed E-state index contributed by atoms with van der Waals surface area (Å²) in [7, 11) is -3.56. The maximum absolute atomic E-state index is 12.4. The topological polar surface area (TPSA) is 66.4 Å². The van der Waals surface area contributed by atoms with Gasteiger partial charge in [0, 0.05) is 11.0 Å². The van der Waals surface area contributed by atoms with Gasteiger partial charge in [-0.3, -0.25) is 0 Å². The lowest BCUT2D eigenvalue weighted by Crippen LogP contribution is -2.34. The summed E-state index contributed by atoms with van der Waals surface area (Å²) < 4.78 is 28.0. The fraction of sp³-hybridized carbons (Fsp3) is 0.571. The van der Waals surface area contributed by atoms with E-state index >= 15 is 0 Å². The molecule has 0 radical (unpaired) electrons. The van der Waals surface area contributed by atoms with Gasteiger partial charge in [0.15, 0.2) is 0 Å². The van der Waals surface area contributed by atoms with Crippen molar-refractivity contribution >= 4 is 26.0 Å². The number of nitrogens with one attached hydrogen (secondary N) is 1. The van der Waals surface area contributed by atoms with Gasteiger partial charge in [0.25, 0.3) is 0 Å². The number of hydrogen-bond acceptors (Lipinski definition) is 3. The van der Waals surface area contributed by atoms with E-state index in [2.05, 4.69) is 27.6 Å². The van der Waals surface area contributed by atoms with Crippen LogP contribution in [-0.4, -0.2) is 20.1 Å². The molecule has 1 fully saturated rings. The van der Waals surface area contributed by atoms with Crippen molar-refractivity contribution in [3.63, 3.8) is 0 Å². The van der Waals surface area contributed by atoms with Crippen LogP contribution in [0.1, 0.15) is 38.2 Å². The Morgan fingerprint density at radius 2 is 2.00 bits per heavy atom. The fourth-order valence-corrected chi connectivity index (χ4v) is 4.82. The first-order valence-electron chi connectivity index (χ1n) is 6.75. The van der Waals surface area contributed by atoms with Crippen LogP contribution in [0.5, 0.6) is 0 Å². The van der Waals surface area contributed by atoms with Crippen LogP contribution in [0.3, 0.4) is 0 Å². The van der Waals surface area contributed by atoms with Crippen molar-refractivity contribution in [1.82, 2.24) is 4.72 Å². The first kappa shape index (κ1) is 15.9. The highest BCUT2D eigenvalue weighted by Crippen LogP contribution is 2.37. The zero-order chi connectivity index (χ0) is 14.8. The molecule has 2 N–H and O–H groups in total. The van der Waals surface area contributed by atoms with Crippen molar-refractivity contribution < 1.29 is 13.5 Å². The van der Waals surface area contributed by atoms with Crippen molar-refractivity contribution in [1.29, 1.82) is 0 Å². The van der Waals surface area contributed by atoms with Crippen molar-refractivity contribution in [2.24, 2.45) is 5.41 Å². The van der Waals surface area contributed by atoms with Gasteiger partial charge in [0.1, 0.15) is 0 Å². The molecule has 0 bridgehead atoms. The lowest BCUT2D eigenvalue weighted by molar-refractivity contribution is 0.281. The molecule has 0 aromatic heterocycles. The molecule has 0 atom stereocenters. The largest absolute Gasteiger partial charge is 0.392 e. The molecule has 1 aliphatic carbocycles. The lowest BCUT2D eigenvalue weighted by Gasteiger charge is -2.23. The predicted octanol–water partition coefficient (Wildman–Crippen LogP) is 2.80. The highest BCUT2D eigenvalue weighted by Gasteiger charge is 2.30. The van der Waals surface area contributed by atoms with Crippen molar-refractivity contribution in [3.05, 3.63) is 28.2 Å². The van der Waals surface area contributed by atoms with E-state index in [4.69, 9.17) is 5.11 Å². The van der Waals surface area contributed by atoms with Gasteiger partial charge < -0.3 is 5.11 Å². The second-order valence-corrected chi connectivity index (χ2v) is 8.35. The summed E-state index contributed by atoms with van der Waals surface area (Å²) in [6.07, 6.45) is 4.46. The summed E-state index contributed by atoms with van der Waals surface area (Å²) in [5.74, 6) is 0. The average molecular weight is 362 g/mol. The van der Waals surface area contributed by atoms with Crippen LogP contribution in [0.4, 0.5) is 0 Å². The Bertz CT molecular complexity index is 580. The number of halogens is 1. The number of rotatable bonds is 5. The number of benzene rings is 1. The Balaban J connectivity index is 2.17. The first-order chi connectivity index (χ1) is 9.36. The molecule has 0 spiro atoms. The van der Waals surface area contributed by atoms with Gasteiger partial charge in [-0.15, -0.1) is 0 Å². The first-order valence-corrected chi connectivity index (χ1v) is 9.03. The van der Waals surface area contributed by atoms with E-state index in [-0.39, 0.29) is 16.9 Å². The molecule has 4 nitrogen and oxygen atoms in total. The van der Waals surface area contributed by atoms with Crippen LogP contribution < -0.4 is 4.72 Å². The summed E-state index contributed by atoms with van der Waals surface area (Å²) >= 11 is 3.26. The minimum Gasteiger partial charge on any atom is -0.392 e. The molecule has 1 aliphatic rings. The van der Waals surface area contributed by atoms with Gasteiger partial charge >= 0.3 is 0 Å². The van der Waals surface area contributed by atoms with Crippen molar-refractivity contribution in [2.45, 2.75) is 44.1 Å². The molecule has 0 amide bonds. The summed E-state index contributed by atoms with van der Waals surface area (Å²) in [6.45, 7) is 2.42. The van der Waals surface area contributed by atoms with E-state index in [0.717, 1.165) is 12.8 Å². The summed E-state index contributed by atoms with van der Waals surface area (Å²) in [4.78, 5) is 0.186. The second kappa shape index (κ2) is 6.13. The number of sulfonamides is 1. The monoisotopic (exact) mass is 361 g/mol. The van der Waals surface area contributed by atoms with Gasteiger partial charge in [-0.2, -0.15) is 0 Å². The lowest BCUT2D eigenvalue weighted by atomic mass is 9.89. The number of hydrogen-bond donors (Lipinski definition) is 2. The van der Waals surface area contributed by atoms with Gasteiger partial charge in [-0.05, 0) is 51.9 Å². The molecular weight excluding hydrogens is 342 g/mol. The number of aliphatic hydroxyl groups excluding tert-OH is 1. The maximum Gasteiger partial charge on any atom is 0.241 e. The predicted molar refractivity (Wildman–Crippen MR) is 81.8 cm³/mol. The molecular formula is C14H20BrNO3S. The molecule has 6 heteroatoms. The van der Waals surface area contributed by atoms with E-state index in [1.165, 1.54) is 18.9 Å². The van der Waals surface area contributed by atoms with Gasteiger partial charge in [0.05, 0.1) is 11.5 Å². The highest BCUT2D eigenvalue weighted by molar-refractivity contribution is 9.10. The molecule has 1 aromatic rings. The van der Waals surface area contributed by atoms with Gasteiger partial charge in [-0.1, -0.05) is 25.8 Å². The zero-order valence-corrected chi connectivity index (χ0v) is 13.9. The van der Waals surface area contributed by atoms with Gasteiger partial charge in [0.2, 0.25) is 10.0 Å². The highest BCUT2D eigenvalue weighted by atomic mass is 79.9.